The number of thioether (sulfide) groups is 1. The van der Waals surface area contributed by atoms with Crippen LogP contribution in [0.2, 0.25) is 0 Å². The molecular weight excluding hydrogens is 278 g/mol. The predicted octanol–water partition coefficient (Wildman–Crippen LogP) is 1.74. The molecule has 18 heavy (non-hydrogen) atoms. The SMILES string of the molecule is COCCSc1ccc(S(C)(=O)=O)cc1[N+](=O)[O-]. The fourth-order valence-electron chi connectivity index (χ4n) is 1.23. The fraction of sp³-hybridized carbons (Fsp3) is 0.400. The average molecular weight is 291 g/mol. The lowest BCUT2D eigenvalue weighted by Gasteiger charge is -2.04. The van der Waals surface area contributed by atoms with Crippen molar-refractivity contribution >= 4 is 27.3 Å². The number of hydrogen-bond acceptors (Lipinski definition) is 6. The summed E-state index contributed by atoms with van der Waals surface area (Å²) in [6.45, 7) is 0.468. The van der Waals surface area contributed by atoms with E-state index in [1.165, 1.54) is 23.9 Å². The molecule has 0 atom stereocenters. The van der Waals surface area contributed by atoms with Gasteiger partial charge in [-0.1, -0.05) is 0 Å². The molecule has 0 aromatic heterocycles. The van der Waals surface area contributed by atoms with Gasteiger partial charge in [0, 0.05) is 25.2 Å². The standard InChI is InChI=1S/C10H13NO5S2/c1-16-5-6-17-10-4-3-8(18(2,14)15)7-9(10)11(12)13/h3-4,7H,5-6H2,1-2H3. The van der Waals surface area contributed by atoms with Gasteiger partial charge >= 0.3 is 0 Å². The Morgan fingerprint density at radius 3 is 2.61 bits per heavy atom. The van der Waals surface area contributed by atoms with Crippen molar-refractivity contribution in [2.75, 3.05) is 25.7 Å². The molecule has 0 amide bonds. The van der Waals surface area contributed by atoms with Crippen LogP contribution in [-0.4, -0.2) is 39.1 Å². The number of ether oxygens (including phenoxy) is 1. The van der Waals surface area contributed by atoms with Crippen molar-refractivity contribution in [1.29, 1.82) is 0 Å². The molecule has 0 fully saturated rings. The number of sulfone groups is 1. The molecule has 0 bridgehead atoms. The quantitative estimate of drug-likeness (QED) is 0.343. The molecular formula is C10H13NO5S2. The first-order valence-electron chi connectivity index (χ1n) is 4.96. The van der Waals surface area contributed by atoms with Gasteiger partial charge in [0.15, 0.2) is 9.84 Å². The molecule has 1 aromatic carbocycles. The normalized spacial score (nSPS) is 11.4. The second kappa shape index (κ2) is 6.17. The van der Waals surface area contributed by atoms with Crippen LogP contribution in [0.5, 0.6) is 0 Å². The minimum absolute atomic E-state index is 0.0507. The highest BCUT2D eigenvalue weighted by Gasteiger charge is 2.18. The number of nitro groups is 1. The summed E-state index contributed by atoms with van der Waals surface area (Å²) >= 11 is 1.26. The van der Waals surface area contributed by atoms with E-state index in [4.69, 9.17) is 4.74 Å². The maximum absolute atomic E-state index is 11.3. The van der Waals surface area contributed by atoms with Crippen molar-refractivity contribution in [3.05, 3.63) is 28.3 Å². The Bertz CT molecular complexity index is 541. The van der Waals surface area contributed by atoms with Crippen molar-refractivity contribution < 1.29 is 18.1 Å². The van der Waals surface area contributed by atoms with Gasteiger partial charge in [-0.05, 0) is 12.1 Å². The third-order valence-electron chi connectivity index (χ3n) is 2.10. The highest BCUT2D eigenvalue weighted by molar-refractivity contribution is 7.99. The van der Waals surface area contributed by atoms with Crippen LogP contribution in [0.3, 0.4) is 0 Å². The lowest BCUT2D eigenvalue weighted by Crippen LogP contribution is -2.00. The molecule has 0 aliphatic rings. The number of benzene rings is 1. The van der Waals surface area contributed by atoms with E-state index >= 15 is 0 Å². The number of methoxy groups -OCH3 is 1. The van der Waals surface area contributed by atoms with Crippen molar-refractivity contribution in [3.63, 3.8) is 0 Å². The van der Waals surface area contributed by atoms with E-state index in [2.05, 4.69) is 0 Å². The molecule has 0 N–H and O–H groups in total. The Morgan fingerprint density at radius 1 is 1.44 bits per heavy atom. The molecule has 100 valence electrons. The van der Waals surface area contributed by atoms with E-state index in [-0.39, 0.29) is 10.6 Å². The van der Waals surface area contributed by atoms with Gasteiger partial charge in [0.25, 0.3) is 5.69 Å². The lowest BCUT2D eigenvalue weighted by molar-refractivity contribution is -0.388. The van der Waals surface area contributed by atoms with Crippen molar-refractivity contribution in [2.45, 2.75) is 9.79 Å². The molecule has 0 spiro atoms. The Hall–Kier alpha value is -1.12. The molecule has 0 aliphatic heterocycles. The lowest BCUT2D eigenvalue weighted by atomic mass is 10.3. The summed E-state index contributed by atoms with van der Waals surface area (Å²) in [7, 11) is -1.90. The first-order chi connectivity index (χ1) is 8.36. The molecule has 1 rings (SSSR count). The zero-order valence-corrected chi connectivity index (χ0v) is 11.6. The number of rotatable bonds is 6. The Morgan fingerprint density at radius 2 is 2.11 bits per heavy atom. The van der Waals surface area contributed by atoms with Crippen LogP contribution in [0, 0.1) is 10.1 Å². The van der Waals surface area contributed by atoms with E-state index in [9.17, 15) is 18.5 Å². The number of nitro benzene ring substituents is 1. The van der Waals surface area contributed by atoms with Gasteiger partial charge in [0.1, 0.15) is 0 Å². The Labute approximate surface area is 109 Å². The zero-order chi connectivity index (χ0) is 13.8. The monoisotopic (exact) mass is 291 g/mol. The highest BCUT2D eigenvalue weighted by atomic mass is 32.2. The first kappa shape index (κ1) is 14.9. The fourth-order valence-corrected chi connectivity index (χ4v) is 2.78. The number of nitrogens with zero attached hydrogens (tertiary/aromatic N) is 1. The van der Waals surface area contributed by atoms with Crippen LogP contribution < -0.4 is 0 Å². The minimum atomic E-state index is -3.44. The highest BCUT2D eigenvalue weighted by Crippen LogP contribution is 2.31. The van der Waals surface area contributed by atoms with Crippen LogP contribution in [-0.2, 0) is 14.6 Å². The maximum atomic E-state index is 11.3. The summed E-state index contributed by atoms with van der Waals surface area (Å²) in [4.78, 5) is 10.7. The summed E-state index contributed by atoms with van der Waals surface area (Å²) < 4.78 is 27.5. The van der Waals surface area contributed by atoms with E-state index in [0.717, 1.165) is 12.3 Å². The number of hydrogen-bond donors (Lipinski definition) is 0. The van der Waals surface area contributed by atoms with Gasteiger partial charge < -0.3 is 4.74 Å². The van der Waals surface area contributed by atoms with Gasteiger partial charge in [-0.3, -0.25) is 10.1 Å². The molecule has 0 unspecified atom stereocenters. The Kier molecular flexibility index (Phi) is 5.12. The van der Waals surface area contributed by atoms with E-state index < -0.39 is 14.8 Å². The molecule has 0 heterocycles. The van der Waals surface area contributed by atoms with Crippen LogP contribution in [0.15, 0.2) is 28.0 Å². The van der Waals surface area contributed by atoms with Crippen LogP contribution in [0.4, 0.5) is 5.69 Å². The summed E-state index contributed by atoms with van der Waals surface area (Å²) in [5.74, 6) is 0.565. The zero-order valence-electron chi connectivity index (χ0n) is 9.95. The molecule has 0 aliphatic carbocycles. The Balaban J connectivity index is 3.09. The smallest absolute Gasteiger partial charge is 0.284 e. The van der Waals surface area contributed by atoms with Gasteiger partial charge in [-0.15, -0.1) is 11.8 Å². The van der Waals surface area contributed by atoms with E-state index in [1.807, 2.05) is 0 Å². The molecule has 6 nitrogen and oxygen atoms in total. The van der Waals surface area contributed by atoms with Crippen LogP contribution >= 0.6 is 11.8 Å². The van der Waals surface area contributed by atoms with Crippen LogP contribution in [0.25, 0.3) is 0 Å². The van der Waals surface area contributed by atoms with Crippen molar-refractivity contribution in [1.82, 2.24) is 0 Å². The average Bonchev–Trinajstić information content (AvgIpc) is 2.28. The van der Waals surface area contributed by atoms with Gasteiger partial charge in [0.2, 0.25) is 0 Å². The first-order valence-corrected chi connectivity index (χ1v) is 7.84. The summed E-state index contributed by atoms with van der Waals surface area (Å²) in [5.41, 5.74) is -0.195. The van der Waals surface area contributed by atoms with Crippen molar-refractivity contribution in [2.24, 2.45) is 0 Å². The second-order valence-corrected chi connectivity index (χ2v) is 6.65. The second-order valence-electron chi connectivity index (χ2n) is 3.50. The largest absolute Gasteiger partial charge is 0.384 e. The van der Waals surface area contributed by atoms with Gasteiger partial charge in [-0.2, -0.15) is 0 Å². The topological polar surface area (TPSA) is 86.5 Å². The third-order valence-corrected chi connectivity index (χ3v) is 4.24. The maximum Gasteiger partial charge on any atom is 0.284 e. The summed E-state index contributed by atoms with van der Waals surface area (Å²) in [5, 5.41) is 10.9. The van der Waals surface area contributed by atoms with Gasteiger partial charge in [-0.25, -0.2) is 8.42 Å². The molecule has 0 radical (unpaired) electrons. The third kappa shape index (κ3) is 3.97. The molecule has 1 aromatic rings. The summed E-state index contributed by atoms with van der Waals surface area (Å²) in [6.07, 6.45) is 1.02. The molecule has 0 saturated heterocycles. The minimum Gasteiger partial charge on any atom is -0.384 e. The predicted molar refractivity (Wildman–Crippen MR) is 68.8 cm³/mol. The van der Waals surface area contributed by atoms with Crippen LogP contribution in [0.1, 0.15) is 0 Å². The molecule has 0 saturated carbocycles. The van der Waals surface area contributed by atoms with Gasteiger partial charge in [0.05, 0.1) is 21.3 Å². The van der Waals surface area contributed by atoms with Crippen molar-refractivity contribution in [3.8, 4) is 0 Å². The molecule has 8 heteroatoms. The summed E-state index contributed by atoms with van der Waals surface area (Å²) in [6, 6.07) is 3.91. The van der Waals surface area contributed by atoms with E-state index in [1.54, 1.807) is 7.11 Å². The van der Waals surface area contributed by atoms with E-state index in [0.29, 0.717) is 17.3 Å².